The molecule has 2 rings (SSSR count). The zero-order valence-electron chi connectivity index (χ0n) is 12.2. The predicted octanol–water partition coefficient (Wildman–Crippen LogP) is 4.02. The van der Waals surface area contributed by atoms with Crippen LogP contribution in [0.25, 0.3) is 10.9 Å². The maximum Gasteiger partial charge on any atom is 0.230 e. The summed E-state index contributed by atoms with van der Waals surface area (Å²) >= 11 is 6.07. The van der Waals surface area contributed by atoms with E-state index in [4.69, 9.17) is 11.6 Å². The number of halogens is 1. The fourth-order valence-electron chi connectivity index (χ4n) is 2.33. The number of hydrogen-bond donors (Lipinski definition) is 2. The number of unbranched alkanes of at least 4 members (excludes halogenated alkanes) is 1. The molecule has 108 valence electrons. The standard InChI is InChI=1S/C16H21ClN2O/c1-4-5-8-18-15(20)16(2,3)13-10-19-14-7-6-11(17)9-12(13)14/h6-7,9-10,19H,4-5,8H2,1-3H3,(H,18,20). The first-order chi connectivity index (χ1) is 9.46. The number of fused-ring (bicyclic) bond motifs is 1. The molecule has 4 heteroatoms. The van der Waals surface area contributed by atoms with Gasteiger partial charge in [-0.2, -0.15) is 0 Å². The zero-order valence-corrected chi connectivity index (χ0v) is 13.0. The summed E-state index contributed by atoms with van der Waals surface area (Å²) in [6, 6.07) is 5.69. The van der Waals surface area contributed by atoms with E-state index in [1.165, 1.54) is 0 Å². The lowest BCUT2D eigenvalue weighted by Crippen LogP contribution is -2.40. The first kappa shape index (κ1) is 14.9. The normalized spacial score (nSPS) is 11.8. The summed E-state index contributed by atoms with van der Waals surface area (Å²) in [6.07, 6.45) is 3.98. The van der Waals surface area contributed by atoms with Gasteiger partial charge in [0, 0.05) is 28.7 Å². The van der Waals surface area contributed by atoms with Gasteiger partial charge >= 0.3 is 0 Å². The minimum atomic E-state index is -0.587. The van der Waals surface area contributed by atoms with E-state index in [0.29, 0.717) is 5.02 Å². The number of amides is 1. The minimum absolute atomic E-state index is 0.0480. The minimum Gasteiger partial charge on any atom is -0.361 e. The Kier molecular flexibility index (Phi) is 4.39. The van der Waals surface area contributed by atoms with Crippen LogP contribution in [-0.4, -0.2) is 17.4 Å². The van der Waals surface area contributed by atoms with E-state index in [2.05, 4.69) is 17.2 Å². The summed E-state index contributed by atoms with van der Waals surface area (Å²) in [5.41, 5.74) is 1.39. The molecule has 1 heterocycles. The van der Waals surface area contributed by atoms with Crippen molar-refractivity contribution in [2.75, 3.05) is 6.54 Å². The molecule has 0 radical (unpaired) electrons. The summed E-state index contributed by atoms with van der Waals surface area (Å²) in [5, 5.41) is 4.69. The van der Waals surface area contributed by atoms with Gasteiger partial charge in [-0.3, -0.25) is 4.79 Å². The number of rotatable bonds is 5. The molecule has 1 amide bonds. The number of hydrogen-bond acceptors (Lipinski definition) is 1. The number of H-pyrrole nitrogens is 1. The molecule has 2 aromatic rings. The lowest BCUT2D eigenvalue weighted by molar-refractivity contribution is -0.125. The van der Waals surface area contributed by atoms with Crippen molar-refractivity contribution in [3.8, 4) is 0 Å². The number of nitrogens with one attached hydrogen (secondary N) is 2. The lowest BCUT2D eigenvalue weighted by atomic mass is 9.83. The van der Waals surface area contributed by atoms with E-state index < -0.39 is 5.41 Å². The topological polar surface area (TPSA) is 44.9 Å². The number of carbonyl (C=O) groups is 1. The molecule has 0 saturated heterocycles. The molecule has 0 fully saturated rings. The first-order valence-electron chi connectivity index (χ1n) is 7.02. The highest BCUT2D eigenvalue weighted by Gasteiger charge is 2.31. The molecule has 2 N–H and O–H groups in total. The summed E-state index contributed by atoms with van der Waals surface area (Å²) in [4.78, 5) is 15.6. The predicted molar refractivity (Wildman–Crippen MR) is 84.3 cm³/mol. The SMILES string of the molecule is CCCCNC(=O)C(C)(C)c1c[nH]c2ccc(Cl)cc12. The van der Waals surface area contributed by atoms with Crippen molar-refractivity contribution in [3.63, 3.8) is 0 Å². The molecular weight excluding hydrogens is 272 g/mol. The van der Waals surface area contributed by atoms with E-state index in [1.54, 1.807) is 0 Å². The zero-order chi connectivity index (χ0) is 14.8. The van der Waals surface area contributed by atoms with Crippen LogP contribution in [0, 0.1) is 0 Å². The van der Waals surface area contributed by atoms with E-state index >= 15 is 0 Å². The Morgan fingerprint density at radius 1 is 1.40 bits per heavy atom. The number of carbonyl (C=O) groups excluding carboxylic acids is 1. The smallest absolute Gasteiger partial charge is 0.230 e. The maximum absolute atomic E-state index is 12.4. The van der Waals surface area contributed by atoms with Gasteiger partial charge in [0.05, 0.1) is 5.41 Å². The van der Waals surface area contributed by atoms with Crippen molar-refractivity contribution < 1.29 is 4.79 Å². The fourth-order valence-corrected chi connectivity index (χ4v) is 2.50. The highest BCUT2D eigenvalue weighted by atomic mass is 35.5. The Morgan fingerprint density at radius 3 is 2.85 bits per heavy atom. The largest absolute Gasteiger partial charge is 0.361 e. The van der Waals surface area contributed by atoms with Crippen molar-refractivity contribution in [2.45, 2.75) is 39.0 Å². The molecule has 3 nitrogen and oxygen atoms in total. The van der Waals surface area contributed by atoms with Crippen LogP contribution in [0.5, 0.6) is 0 Å². The summed E-state index contributed by atoms with van der Waals surface area (Å²) in [7, 11) is 0. The molecule has 0 unspecified atom stereocenters. The van der Waals surface area contributed by atoms with Gasteiger partial charge in [0.1, 0.15) is 0 Å². The third kappa shape index (κ3) is 2.83. The first-order valence-corrected chi connectivity index (χ1v) is 7.40. The van der Waals surface area contributed by atoms with E-state index in [-0.39, 0.29) is 5.91 Å². The van der Waals surface area contributed by atoms with Crippen LogP contribution in [0.3, 0.4) is 0 Å². The molecule has 0 aliphatic rings. The Morgan fingerprint density at radius 2 is 2.15 bits per heavy atom. The Hall–Kier alpha value is -1.48. The third-order valence-corrected chi connectivity index (χ3v) is 3.94. The van der Waals surface area contributed by atoms with Gasteiger partial charge in [0.25, 0.3) is 0 Å². The van der Waals surface area contributed by atoms with Gasteiger partial charge < -0.3 is 10.3 Å². The Bertz CT molecular complexity index is 616. The fraction of sp³-hybridized carbons (Fsp3) is 0.438. The summed E-state index contributed by atoms with van der Waals surface area (Å²) in [5.74, 6) is 0.0480. The van der Waals surface area contributed by atoms with Crippen molar-refractivity contribution in [2.24, 2.45) is 0 Å². The van der Waals surface area contributed by atoms with E-state index in [0.717, 1.165) is 35.9 Å². The van der Waals surface area contributed by atoms with Crippen molar-refractivity contribution >= 4 is 28.4 Å². The second-order valence-corrected chi connectivity index (χ2v) is 6.06. The van der Waals surface area contributed by atoms with Crippen LogP contribution in [0.1, 0.15) is 39.2 Å². The summed E-state index contributed by atoms with van der Waals surface area (Å²) < 4.78 is 0. The molecule has 20 heavy (non-hydrogen) atoms. The van der Waals surface area contributed by atoms with Gasteiger partial charge in [-0.05, 0) is 44.0 Å². The molecule has 0 spiro atoms. The van der Waals surface area contributed by atoms with E-state index in [1.807, 2.05) is 38.2 Å². The van der Waals surface area contributed by atoms with Gasteiger partial charge in [-0.1, -0.05) is 24.9 Å². The molecule has 1 aromatic carbocycles. The van der Waals surface area contributed by atoms with Crippen LogP contribution in [0.15, 0.2) is 24.4 Å². The Balaban J connectivity index is 2.31. The van der Waals surface area contributed by atoms with E-state index in [9.17, 15) is 4.79 Å². The molecular formula is C16H21ClN2O. The monoisotopic (exact) mass is 292 g/mol. The van der Waals surface area contributed by atoms with Gasteiger partial charge in [0.2, 0.25) is 5.91 Å². The number of aromatic amines is 1. The highest BCUT2D eigenvalue weighted by molar-refractivity contribution is 6.31. The van der Waals surface area contributed by atoms with Crippen molar-refractivity contribution in [1.82, 2.24) is 10.3 Å². The van der Waals surface area contributed by atoms with Gasteiger partial charge in [0.15, 0.2) is 0 Å². The second-order valence-electron chi connectivity index (χ2n) is 5.63. The van der Waals surface area contributed by atoms with Crippen molar-refractivity contribution in [1.29, 1.82) is 0 Å². The number of aromatic nitrogens is 1. The van der Waals surface area contributed by atoms with Crippen molar-refractivity contribution in [3.05, 3.63) is 35.0 Å². The molecule has 0 aliphatic heterocycles. The van der Waals surface area contributed by atoms with Gasteiger partial charge in [-0.25, -0.2) is 0 Å². The van der Waals surface area contributed by atoms with Crippen LogP contribution in [0.2, 0.25) is 5.02 Å². The Labute approximate surface area is 124 Å². The lowest BCUT2D eigenvalue weighted by Gasteiger charge is -2.23. The number of benzene rings is 1. The highest BCUT2D eigenvalue weighted by Crippen LogP contribution is 2.32. The molecule has 0 aliphatic carbocycles. The van der Waals surface area contributed by atoms with Crippen LogP contribution in [-0.2, 0) is 10.2 Å². The van der Waals surface area contributed by atoms with Crippen LogP contribution in [0.4, 0.5) is 0 Å². The summed E-state index contributed by atoms with van der Waals surface area (Å²) in [6.45, 7) is 6.72. The van der Waals surface area contributed by atoms with Gasteiger partial charge in [-0.15, -0.1) is 0 Å². The second kappa shape index (κ2) is 5.88. The molecule has 0 bridgehead atoms. The van der Waals surface area contributed by atoms with Crippen LogP contribution >= 0.6 is 11.6 Å². The van der Waals surface area contributed by atoms with Crippen LogP contribution < -0.4 is 5.32 Å². The average Bonchev–Trinajstić information content (AvgIpc) is 2.82. The third-order valence-electron chi connectivity index (χ3n) is 3.70. The quantitative estimate of drug-likeness (QED) is 0.803. The molecule has 0 atom stereocenters. The maximum atomic E-state index is 12.4. The average molecular weight is 293 g/mol. The molecule has 1 aromatic heterocycles. The molecule has 0 saturated carbocycles.